The van der Waals surface area contributed by atoms with Crippen LogP contribution < -0.4 is 10.0 Å². The van der Waals surface area contributed by atoms with Crippen molar-refractivity contribution in [3.63, 3.8) is 0 Å². The van der Waals surface area contributed by atoms with Crippen LogP contribution in [0.4, 0.5) is 10.1 Å². The SMILES string of the molecule is C/C(=C\c1cc(C)c(-c2ccc(NC(C)C)c(F)c2)cc1C)C(=O)NS(=O)(=O)c1ccccc1. The van der Waals surface area contributed by atoms with Crippen molar-refractivity contribution in [2.75, 3.05) is 5.32 Å². The van der Waals surface area contributed by atoms with Crippen molar-refractivity contribution in [1.82, 2.24) is 4.72 Å². The van der Waals surface area contributed by atoms with Crippen molar-refractivity contribution < 1.29 is 17.6 Å². The van der Waals surface area contributed by atoms with Gasteiger partial charge in [0.15, 0.2) is 0 Å². The third-order valence-corrected chi connectivity index (χ3v) is 6.69. The molecular weight excluding hydrogens is 451 g/mol. The number of benzene rings is 3. The molecule has 0 aromatic heterocycles. The van der Waals surface area contributed by atoms with E-state index in [1.165, 1.54) is 18.2 Å². The van der Waals surface area contributed by atoms with Gasteiger partial charge >= 0.3 is 0 Å². The summed E-state index contributed by atoms with van der Waals surface area (Å²) in [4.78, 5) is 12.6. The second-order valence-corrected chi connectivity index (χ2v) is 10.3. The summed E-state index contributed by atoms with van der Waals surface area (Å²) in [6, 6.07) is 16.8. The van der Waals surface area contributed by atoms with Gasteiger partial charge in [0.05, 0.1) is 10.6 Å². The molecule has 0 unspecified atom stereocenters. The Morgan fingerprint density at radius 1 is 0.971 bits per heavy atom. The summed E-state index contributed by atoms with van der Waals surface area (Å²) in [5.74, 6) is -1.01. The predicted molar refractivity (Wildman–Crippen MR) is 135 cm³/mol. The summed E-state index contributed by atoms with van der Waals surface area (Å²) < 4.78 is 41.5. The molecule has 34 heavy (non-hydrogen) atoms. The Labute approximate surface area is 200 Å². The lowest BCUT2D eigenvalue weighted by Gasteiger charge is -2.14. The molecule has 3 aromatic carbocycles. The van der Waals surface area contributed by atoms with Crippen LogP contribution >= 0.6 is 0 Å². The third kappa shape index (κ3) is 5.91. The molecule has 1 amide bonds. The first kappa shape index (κ1) is 25.2. The fourth-order valence-corrected chi connectivity index (χ4v) is 4.61. The molecule has 0 aliphatic carbocycles. The maximum Gasteiger partial charge on any atom is 0.264 e. The van der Waals surface area contributed by atoms with E-state index in [9.17, 15) is 17.6 Å². The number of halogens is 1. The molecule has 3 rings (SSSR count). The lowest BCUT2D eigenvalue weighted by atomic mass is 9.94. The summed E-state index contributed by atoms with van der Waals surface area (Å²) in [6.45, 7) is 9.28. The smallest absolute Gasteiger partial charge is 0.264 e. The molecule has 0 saturated heterocycles. The molecule has 0 heterocycles. The highest BCUT2D eigenvalue weighted by atomic mass is 32.2. The van der Waals surface area contributed by atoms with Gasteiger partial charge in [-0.05, 0) is 92.8 Å². The minimum absolute atomic E-state index is 0.0226. The van der Waals surface area contributed by atoms with Gasteiger partial charge in [0.2, 0.25) is 0 Å². The monoisotopic (exact) mass is 480 g/mol. The summed E-state index contributed by atoms with van der Waals surface area (Å²) in [5, 5.41) is 3.08. The van der Waals surface area contributed by atoms with Gasteiger partial charge in [-0.25, -0.2) is 17.5 Å². The number of amides is 1. The average molecular weight is 481 g/mol. The quantitative estimate of drug-likeness (QED) is 0.417. The predicted octanol–water partition coefficient (Wildman–Crippen LogP) is 5.84. The Morgan fingerprint density at radius 3 is 2.26 bits per heavy atom. The summed E-state index contributed by atoms with van der Waals surface area (Å²) in [6.07, 6.45) is 1.65. The van der Waals surface area contributed by atoms with E-state index >= 15 is 0 Å². The van der Waals surface area contributed by atoms with Crippen LogP contribution in [0.1, 0.15) is 37.5 Å². The van der Waals surface area contributed by atoms with Crippen molar-refractivity contribution in [3.8, 4) is 11.1 Å². The largest absolute Gasteiger partial charge is 0.381 e. The van der Waals surface area contributed by atoms with Gasteiger partial charge in [0, 0.05) is 11.6 Å². The van der Waals surface area contributed by atoms with E-state index in [0.29, 0.717) is 5.69 Å². The molecule has 7 heteroatoms. The number of hydrogen-bond donors (Lipinski definition) is 2. The summed E-state index contributed by atoms with van der Waals surface area (Å²) in [5.41, 5.74) is 4.92. The van der Waals surface area contributed by atoms with E-state index in [1.54, 1.807) is 37.3 Å². The molecule has 0 aliphatic rings. The molecule has 178 valence electrons. The first-order chi connectivity index (χ1) is 16.0. The second kappa shape index (κ2) is 10.2. The van der Waals surface area contributed by atoms with Gasteiger partial charge in [-0.2, -0.15) is 0 Å². The zero-order chi connectivity index (χ0) is 25.0. The Hall–Kier alpha value is -3.45. The van der Waals surface area contributed by atoms with E-state index in [4.69, 9.17) is 0 Å². The van der Waals surface area contributed by atoms with E-state index in [1.807, 2.05) is 45.9 Å². The zero-order valence-electron chi connectivity index (χ0n) is 19.9. The Bertz CT molecular complexity index is 1350. The van der Waals surface area contributed by atoms with Gasteiger partial charge < -0.3 is 5.32 Å². The molecule has 2 N–H and O–H groups in total. The van der Waals surface area contributed by atoms with Crippen LogP contribution in [0.15, 0.2) is 71.1 Å². The van der Waals surface area contributed by atoms with Gasteiger partial charge in [0.1, 0.15) is 5.82 Å². The van der Waals surface area contributed by atoms with Crippen LogP contribution in [-0.4, -0.2) is 20.4 Å². The number of hydrogen-bond acceptors (Lipinski definition) is 4. The molecule has 0 fully saturated rings. The lowest BCUT2D eigenvalue weighted by Crippen LogP contribution is -2.31. The third-order valence-electron chi connectivity index (χ3n) is 5.35. The lowest BCUT2D eigenvalue weighted by molar-refractivity contribution is -0.115. The number of nitrogens with one attached hydrogen (secondary N) is 2. The van der Waals surface area contributed by atoms with Gasteiger partial charge in [0.25, 0.3) is 15.9 Å². The van der Waals surface area contributed by atoms with E-state index in [-0.39, 0.29) is 22.3 Å². The standard InChI is InChI=1S/C27H29FN2O3S/c1-17(2)29-26-12-11-21(16-25(26)28)24-15-18(3)22(13-19(24)4)14-20(5)27(31)30-34(32,33)23-9-7-6-8-10-23/h6-17,29H,1-5H3,(H,30,31)/b20-14+. The molecule has 0 radical (unpaired) electrons. The molecule has 0 atom stereocenters. The zero-order valence-corrected chi connectivity index (χ0v) is 20.8. The van der Waals surface area contributed by atoms with Crippen LogP contribution in [0.3, 0.4) is 0 Å². The van der Waals surface area contributed by atoms with Gasteiger partial charge in [-0.3, -0.25) is 4.79 Å². The minimum Gasteiger partial charge on any atom is -0.381 e. The van der Waals surface area contributed by atoms with Crippen LogP contribution in [0.25, 0.3) is 17.2 Å². The molecule has 0 aliphatic heterocycles. The van der Waals surface area contributed by atoms with Gasteiger partial charge in [-0.1, -0.05) is 36.4 Å². The van der Waals surface area contributed by atoms with Crippen LogP contribution in [0, 0.1) is 19.7 Å². The van der Waals surface area contributed by atoms with Gasteiger partial charge in [-0.15, -0.1) is 0 Å². The van der Waals surface area contributed by atoms with Crippen molar-refractivity contribution in [2.24, 2.45) is 0 Å². The summed E-state index contributed by atoms with van der Waals surface area (Å²) in [7, 11) is -3.95. The Balaban J connectivity index is 1.86. The molecule has 0 saturated carbocycles. The first-order valence-corrected chi connectivity index (χ1v) is 12.4. The maximum absolute atomic E-state index is 14.6. The fourth-order valence-electron chi connectivity index (χ4n) is 3.58. The van der Waals surface area contributed by atoms with E-state index in [2.05, 4.69) is 10.0 Å². The number of carbonyl (C=O) groups is 1. The van der Waals surface area contributed by atoms with Crippen molar-refractivity contribution in [1.29, 1.82) is 0 Å². The van der Waals surface area contributed by atoms with Crippen molar-refractivity contribution >= 4 is 27.7 Å². The first-order valence-electron chi connectivity index (χ1n) is 11.0. The molecular formula is C27H29FN2O3S. The molecule has 0 bridgehead atoms. The number of aryl methyl sites for hydroxylation is 2. The Morgan fingerprint density at radius 2 is 1.65 bits per heavy atom. The Kier molecular flexibility index (Phi) is 7.57. The number of anilines is 1. The fraction of sp³-hybridized carbons (Fsp3) is 0.222. The molecule has 0 spiro atoms. The van der Waals surface area contributed by atoms with Crippen LogP contribution in [0.2, 0.25) is 0 Å². The van der Waals surface area contributed by atoms with Crippen molar-refractivity contribution in [3.05, 3.63) is 88.7 Å². The minimum atomic E-state index is -3.95. The maximum atomic E-state index is 14.6. The average Bonchev–Trinajstić information content (AvgIpc) is 2.77. The highest BCUT2D eigenvalue weighted by Gasteiger charge is 2.18. The highest BCUT2D eigenvalue weighted by molar-refractivity contribution is 7.90. The number of carbonyl (C=O) groups excluding carboxylic acids is 1. The second-order valence-electron chi connectivity index (χ2n) is 8.59. The molecule has 3 aromatic rings. The van der Waals surface area contributed by atoms with Crippen molar-refractivity contribution in [2.45, 2.75) is 45.6 Å². The number of rotatable bonds is 7. The van der Waals surface area contributed by atoms with Crippen LogP contribution in [0.5, 0.6) is 0 Å². The highest BCUT2D eigenvalue weighted by Crippen LogP contribution is 2.30. The van der Waals surface area contributed by atoms with E-state index < -0.39 is 15.9 Å². The topological polar surface area (TPSA) is 75.3 Å². The van der Waals surface area contributed by atoms with Crippen LogP contribution in [-0.2, 0) is 14.8 Å². The molecule has 5 nitrogen and oxygen atoms in total. The van der Waals surface area contributed by atoms with E-state index in [0.717, 1.165) is 27.8 Å². The number of sulfonamides is 1. The normalized spacial score (nSPS) is 12.0. The summed E-state index contributed by atoms with van der Waals surface area (Å²) >= 11 is 0.